The van der Waals surface area contributed by atoms with Crippen LogP contribution in [0.25, 0.3) is 0 Å². The Balaban J connectivity index is 0.00000144. The summed E-state index contributed by atoms with van der Waals surface area (Å²) in [6.07, 6.45) is 2.28. The molecule has 1 fully saturated rings. The summed E-state index contributed by atoms with van der Waals surface area (Å²) < 4.78 is 0. The molecule has 2 nitrogen and oxygen atoms in total. The molecule has 1 aliphatic heterocycles. The molecular formula is C14H22ClNO. The van der Waals surface area contributed by atoms with E-state index >= 15 is 0 Å². The third-order valence-electron chi connectivity index (χ3n) is 3.45. The van der Waals surface area contributed by atoms with E-state index in [0.29, 0.717) is 12.5 Å². The Bertz CT molecular complexity index is 335. The number of benzene rings is 1. The van der Waals surface area contributed by atoms with Crippen LogP contribution in [-0.2, 0) is 6.54 Å². The van der Waals surface area contributed by atoms with E-state index in [1.54, 1.807) is 0 Å². The number of halogens is 1. The molecule has 0 saturated carbocycles. The highest BCUT2D eigenvalue weighted by molar-refractivity contribution is 5.85. The summed E-state index contributed by atoms with van der Waals surface area (Å²) in [5.74, 6) is 0.536. The van der Waals surface area contributed by atoms with Gasteiger partial charge in [-0.15, -0.1) is 12.4 Å². The lowest BCUT2D eigenvalue weighted by atomic mass is 9.97. The number of aliphatic hydroxyl groups excluding tert-OH is 1. The molecule has 0 aromatic heterocycles. The molecule has 17 heavy (non-hydrogen) atoms. The number of aryl methyl sites for hydroxylation is 1. The smallest absolute Gasteiger partial charge is 0.0460 e. The fraction of sp³-hybridized carbons (Fsp3) is 0.571. The van der Waals surface area contributed by atoms with E-state index in [-0.39, 0.29) is 12.4 Å². The molecule has 1 saturated heterocycles. The van der Waals surface area contributed by atoms with Crippen molar-refractivity contribution in [3.8, 4) is 0 Å². The van der Waals surface area contributed by atoms with Gasteiger partial charge in [0.1, 0.15) is 0 Å². The van der Waals surface area contributed by atoms with Crippen LogP contribution in [0.4, 0.5) is 0 Å². The molecule has 96 valence electrons. The number of aliphatic hydroxyl groups is 1. The second kappa shape index (κ2) is 7.00. The van der Waals surface area contributed by atoms with Crippen molar-refractivity contribution in [3.63, 3.8) is 0 Å². The molecule has 3 heteroatoms. The molecule has 1 aromatic rings. The van der Waals surface area contributed by atoms with Gasteiger partial charge >= 0.3 is 0 Å². The normalized spacial score (nSPS) is 17.8. The summed E-state index contributed by atoms with van der Waals surface area (Å²) in [4.78, 5) is 2.49. The minimum Gasteiger partial charge on any atom is -0.396 e. The van der Waals surface area contributed by atoms with E-state index < -0.39 is 0 Å². The minimum atomic E-state index is 0. The number of piperidine rings is 1. The summed E-state index contributed by atoms with van der Waals surface area (Å²) in [5.41, 5.74) is 2.74. The molecule has 0 spiro atoms. The van der Waals surface area contributed by atoms with Crippen molar-refractivity contribution >= 4 is 12.4 Å². The maximum absolute atomic E-state index is 9.08. The molecule has 1 N–H and O–H groups in total. The van der Waals surface area contributed by atoms with Crippen molar-refractivity contribution in [2.45, 2.75) is 26.3 Å². The van der Waals surface area contributed by atoms with Gasteiger partial charge in [-0.3, -0.25) is 4.90 Å². The summed E-state index contributed by atoms with van der Waals surface area (Å²) in [7, 11) is 0. The van der Waals surface area contributed by atoms with E-state index in [9.17, 15) is 0 Å². The van der Waals surface area contributed by atoms with Gasteiger partial charge in [0, 0.05) is 13.2 Å². The van der Waals surface area contributed by atoms with Crippen molar-refractivity contribution in [2.75, 3.05) is 19.7 Å². The van der Waals surface area contributed by atoms with Crippen LogP contribution in [0.5, 0.6) is 0 Å². The Morgan fingerprint density at radius 2 is 2.00 bits per heavy atom. The Morgan fingerprint density at radius 3 is 2.59 bits per heavy atom. The van der Waals surface area contributed by atoms with Gasteiger partial charge in [-0.1, -0.05) is 29.8 Å². The van der Waals surface area contributed by atoms with Crippen LogP contribution < -0.4 is 0 Å². The van der Waals surface area contributed by atoms with E-state index in [1.807, 2.05) is 0 Å². The molecule has 0 radical (unpaired) electrons. The highest BCUT2D eigenvalue weighted by Crippen LogP contribution is 2.18. The molecule has 0 bridgehead atoms. The van der Waals surface area contributed by atoms with Crippen LogP contribution in [0.3, 0.4) is 0 Å². The highest BCUT2D eigenvalue weighted by Gasteiger charge is 2.18. The Hall–Kier alpha value is -0.570. The molecule has 2 rings (SSSR count). The zero-order valence-electron chi connectivity index (χ0n) is 10.4. The first-order valence-corrected chi connectivity index (χ1v) is 6.16. The fourth-order valence-electron chi connectivity index (χ4n) is 2.40. The minimum absolute atomic E-state index is 0. The number of likely N-dealkylation sites (tertiary alicyclic amines) is 1. The van der Waals surface area contributed by atoms with Crippen molar-refractivity contribution in [1.29, 1.82) is 0 Å². The van der Waals surface area contributed by atoms with Crippen LogP contribution in [-0.4, -0.2) is 29.7 Å². The topological polar surface area (TPSA) is 23.5 Å². The van der Waals surface area contributed by atoms with Gasteiger partial charge < -0.3 is 5.11 Å². The van der Waals surface area contributed by atoms with Crippen LogP contribution >= 0.6 is 12.4 Å². The predicted molar refractivity (Wildman–Crippen MR) is 73.5 cm³/mol. The van der Waals surface area contributed by atoms with E-state index in [2.05, 4.69) is 36.1 Å². The third-order valence-corrected chi connectivity index (χ3v) is 3.45. The van der Waals surface area contributed by atoms with Gasteiger partial charge in [0.05, 0.1) is 0 Å². The molecule has 0 unspecified atom stereocenters. The lowest BCUT2D eigenvalue weighted by molar-refractivity contribution is 0.127. The average Bonchev–Trinajstić information content (AvgIpc) is 2.30. The zero-order chi connectivity index (χ0) is 11.4. The van der Waals surface area contributed by atoms with Gasteiger partial charge in [0.15, 0.2) is 0 Å². The maximum atomic E-state index is 9.08. The van der Waals surface area contributed by atoms with Gasteiger partial charge in [0.25, 0.3) is 0 Å². The van der Waals surface area contributed by atoms with Crippen molar-refractivity contribution in [3.05, 3.63) is 35.4 Å². The molecule has 0 aliphatic carbocycles. The Morgan fingerprint density at radius 1 is 1.29 bits per heavy atom. The largest absolute Gasteiger partial charge is 0.396 e. The average molecular weight is 256 g/mol. The first kappa shape index (κ1) is 14.5. The molecule has 0 amide bonds. The molecule has 1 aliphatic rings. The first-order chi connectivity index (χ1) is 7.78. The summed E-state index contributed by atoms with van der Waals surface area (Å²) in [6.45, 7) is 5.80. The summed E-state index contributed by atoms with van der Waals surface area (Å²) >= 11 is 0. The number of rotatable bonds is 3. The van der Waals surface area contributed by atoms with Gasteiger partial charge in [-0.05, 0) is 44.3 Å². The number of hydrogen-bond donors (Lipinski definition) is 1. The Labute approximate surface area is 110 Å². The lowest BCUT2D eigenvalue weighted by Gasteiger charge is -2.31. The third kappa shape index (κ3) is 4.30. The highest BCUT2D eigenvalue weighted by atomic mass is 35.5. The van der Waals surface area contributed by atoms with Gasteiger partial charge in [-0.25, -0.2) is 0 Å². The van der Waals surface area contributed by atoms with Crippen LogP contribution in [0.1, 0.15) is 24.0 Å². The number of hydrogen-bond acceptors (Lipinski definition) is 2. The SMILES string of the molecule is Cc1cccc(CN2CCC(CO)CC2)c1.Cl. The van der Waals surface area contributed by atoms with E-state index in [1.165, 1.54) is 11.1 Å². The maximum Gasteiger partial charge on any atom is 0.0460 e. The Kier molecular flexibility index (Phi) is 5.96. The van der Waals surface area contributed by atoms with E-state index in [0.717, 1.165) is 32.5 Å². The second-order valence-corrected chi connectivity index (χ2v) is 4.89. The summed E-state index contributed by atoms with van der Waals surface area (Å²) in [6, 6.07) is 8.73. The zero-order valence-corrected chi connectivity index (χ0v) is 11.2. The predicted octanol–water partition coefficient (Wildman–Crippen LogP) is 2.62. The van der Waals surface area contributed by atoms with Gasteiger partial charge in [-0.2, -0.15) is 0 Å². The fourth-order valence-corrected chi connectivity index (χ4v) is 2.40. The van der Waals surface area contributed by atoms with Crippen molar-refractivity contribution in [2.24, 2.45) is 5.92 Å². The summed E-state index contributed by atoms with van der Waals surface area (Å²) in [5, 5.41) is 9.08. The molecule has 1 aromatic carbocycles. The monoisotopic (exact) mass is 255 g/mol. The van der Waals surface area contributed by atoms with Crippen LogP contribution in [0.15, 0.2) is 24.3 Å². The molecule has 0 atom stereocenters. The second-order valence-electron chi connectivity index (χ2n) is 4.89. The van der Waals surface area contributed by atoms with Crippen LogP contribution in [0.2, 0.25) is 0 Å². The lowest BCUT2D eigenvalue weighted by Crippen LogP contribution is -2.34. The molecule has 1 heterocycles. The quantitative estimate of drug-likeness (QED) is 0.898. The van der Waals surface area contributed by atoms with Crippen molar-refractivity contribution < 1.29 is 5.11 Å². The van der Waals surface area contributed by atoms with Gasteiger partial charge in [0.2, 0.25) is 0 Å². The standard InChI is InChI=1S/C14H21NO.ClH/c1-12-3-2-4-14(9-12)10-15-7-5-13(11-16)6-8-15;/h2-4,9,13,16H,5-8,10-11H2,1H3;1H. The first-order valence-electron chi connectivity index (χ1n) is 6.16. The number of nitrogens with zero attached hydrogens (tertiary/aromatic N) is 1. The van der Waals surface area contributed by atoms with Crippen LogP contribution in [0, 0.1) is 12.8 Å². The van der Waals surface area contributed by atoms with Crippen molar-refractivity contribution in [1.82, 2.24) is 4.90 Å². The molecular weight excluding hydrogens is 234 g/mol. The van der Waals surface area contributed by atoms with E-state index in [4.69, 9.17) is 5.11 Å².